The third kappa shape index (κ3) is 5.48. The number of aliphatic hydroxyl groups excluding tert-OH is 1. The van der Waals surface area contributed by atoms with Gasteiger partial charge in [-0.3, -0.25) is 9.59 Å². The summed E-state index contributed by atoms with van der Waals surface area (Å²) in [4.78, 5) is 24.8. The van der Waals surface area contributed by atoms with Gasteiger partial charge in [0.25, 0.3) is 0 Å². The van der Waals surface area contributed by atoms with Crippen molar-refractivity contribution in [1.29, 1.82) is 0 Å². The number of rotatable bonds is 12. The molecule has 0 radical (unpaired) electrons. The van der Waals surface area contributed by atoms with Gasteiger partial charge in [0.2, 0.25) is 23.1 Å². The summed E-state index contributed by atoms with van der Waals surface area (Å²) in [6, 6.07) is 0. The Kier molecular flexibility index (Phi) is 7.91. The van der Waals surface area contributed by atoms with Crippen LogP contribution in [0.3, 0.4) is 0 Å². The molecule has 1 aliphatic carbocycles. The van der Waals surface area contributed by atoms with E-state index in [1.807, 2.05) is 0 Å². The maximum Gasteiger partial charge on any atom is 0.228 e. The summed E-state index contributed by atoms with van der Waals surface area (Å²) in [6.45, 7) is 1.22. The van der Waals surface area contributed by atoms with Crippen molar-refractivity contribution >= 4 is 11.6 Å². The number of carbonyl (C=O) groups is 2. The van der Waals surface area contributed by atoms with Crippen molar-refractivity contribution in [3.63, 3.8) is 0 Å². The Labute approximate surface area is 147 Å². The van der Waals surface area contributed by atoms with Crippen LogP contribution in [-0.2, 0) is 19.1 Å². The van der Waals surface area contributed by atoms with Gasteiger partial charge in [-0.25, -0.2) is 0 Å². The standard InChI is InChI=1S/C19H30O5/c1-14-15(12-10-8-6-4-5-7-9-11-13-20)17(22)19(24-3)18(23-2)16(14)21/h20H,4-13H2,1-3H3/i11D2. The molecule has 0 spiro atoms. The van der Waals surface area contributed by atoms with Crippen molar-refractivity contribution in [3.8, 4) is 0 Å². The largest absolute Gasteiger partial charge is 0.489 e. The fraction of sp³-hybridized carbons (Fsp3) is 0.684. The van der Waals surface area contributed by atoms with Crippen molar-refractivity contribution < 1.29 is 26.9 Å². The molecule has 0 heterocycles. The van der Waals surface area contributed by atoms with Gasteiger partial charge in [-0.2, -0.15) is 0 Å². The number of Topliss-reactive ketones (excluding diaryl/α,β-unsaturated/α-hetero) is 2. The molecule has 1 rings (SSSR count). The van der Waals surface area contributed by atoms with Crippen LogP contribution in [0, 0.1) is 0 Å². The Hall–Kier alpha value is -1.62. The highest BCUT2D eigenvalue weighted by atomic mass is 16.5. The van der Waals surface area contributed by atoms with Gasteiger partial charge >= 0.3 is 0 Å². The van der Waals surface area contributed by atoms with E-state index in [2.05, 4.69) is 0 Å². The van der Waals surface area contributed by atoms with E-state index < -0.39 is 13.0 Å². The molecule has 0 aromatic carbocycles. The van der Waals surface area contributed by atoms with E-state index in [-0.39, 0.29) is 23.1 Å². The molecule has 0 saturated heterocycles. The molecule has 0 atom stereocenters. The first-order valence-electron chi connectivity index (χ1n) is 9.51. The predicted molar refractivity (Wildman–Crippen MR) is 92.4 cm³/mol. The second kappa shape index (κ2) is 11.0. The first-order chi connectivity index (χ1) is 12.3. The van der Waals surface area contributed by atoms with Crippen molar-refractivity contribution in [2.45, 2.75) is 64.7 Å². The zero-order valence-electron chi connectivity index (χ0n) is 16.9. The molecular formula is C19H30O5. The van der Waals surface area contributed by atoms with Crippen LogP contribution >= 0.6 is 0 Å². The Morgan fingerprint density at radius 3 is 1.92 bits per heavy atom. The van der Waals surface area contributed by atoms with Gasteiger partial charge in [-0.15, -0.1) is 0 Å². The number of aliphatic hydroxyl groups is 1. The summed E-state index contributed by atoms with van der Waals surface area (Å²) in [5.74, 6) is -0.609. The van der Waals surface area contributed by atoms with E-state index in [0.717, 1.165) is 38.5 Å². The second-order valence-electron chi connectivity index (χ2n) is 5.86. The highest BCUT2D eigenvalue weighted by Crippen LogP contribution is 2.28. The molecule has 24 heavy (non-hydrogen) atoms. The van der Waals surface area contributed by atoms with Crippen molar-refractivity contribution in [2.75, 3.05) is 20.8 Å². The van der Waals surface area contributed by atoms with Gasteiger partial charge in [0.15, 0.2) is 0 Å². The Morgan fingerprint density at radius 1 is 0.875 bits per heavy atom. The molecule has 0 aromatic heterocycles. The third-order valence-electron chi connectivity index (χ3n) is 4.24. The summed E-state index contributed by atoms with van der Waals surface area (Å²) >= 11 is 0. The van der Waals surface area contributed by atoms with E-state index in [4.69, 9.17) is 17.3 Å². The van der Waals surface area contributed by atoms with Gasteiger partial charge < -0.3 is 14.6 Å². The molecular weight excluding hydrogens is 308 g/mol. The van der Waals surface area contributed by atoms with E-state index in [1.54, 1.807) is 6.92 Å². The lowest BCUT2D eigenvalue weighted by molar-refractivity contribution is -0.121. The van der Waals surface area contributed by atoms with Gasteiger partial charge in [-0.05, 0) is 26.1 Å². The zero-order chi connectivity index (χ0) is 19.7. The van der Waals surface area contributed by atoms with Gasteiger partial charge in [0.1, 0.15) is 0 Å². The Bertz CT molecular complexity index is 578. The number of methoxy groups -OCH3 is 2. The van der Waals surface area contributed by atoms with E-state index in [1.165, 1.54) is 14.2 Å². The molecule has 0 unspecified atom stereocenters. The first-order valence-corrected chi connectivity index (χ1v) is 8.51. The lowest BCUT2D eigenvalue weighted by Gasteiger charge is -2.20. The summed E-state index contributed by atoms with van der Waals surface area (Å²) < 4.78 is 25.0. The minimum absolute atomic E-state index is 0.0174. The van der Waals surface area contributed by atoms with Crippen LogP contribution in [0.2, 0.25) is 0 Å². The number of hydrogen-bond donors (Lipinski definition) is 1. The number of carbonyl (C=O) groups excluding carboxylic acids is 2. The van der Waals surface area contributed by atoms with Crippen LogP contribution in [0.25, 0.3) is 0 Å². The Morgan fingerprint density at radius 2 is 1.38 bits per heavy atom. The van der Waals surface area contributed by atoms with Gasteiger partial charge in [-0.1, -0.05) is 38.5 Å². The summed E-state index contributed by atoms with van der Waals surface area (Å²) in [7, 11) is 2.71. The molecule has 0 aliphatic heterocycles. The predicted octanol–water partition coefficient (Wildman–Crippen LogP) is 3.46. The summed E-state index contributed by atoms with van der Waals surface area (Å²) in [5, 5.41) is 8.87. The summed E-state index contributed by atoms with van der Waals surface area (Å²) in [6.07, 6.45) is 4.84. The van der Waals surface area contributed by atoms with Crippen LogP contribution in [0.1, 0.15) is 67.4 Å². The van der Waals surface area contributed by atoms with E-state index >= 15 is 0 Å². The van der Waals surface area contributed by atoms with Crippen LogP contribution in [0.15, 0.2) is 22.7 Å². The molecule has 0 fully saturated rings. The fourth-order valence-corrected chi connectivity index (χ4v) is 2.83. The fourth-order valence-electron chi connectivity index (χ4n) is 2.83. The number of hydrogen-bond acceptors (Lipinski definition) is 5. The van der Waals surface area contributed by atoms with Gasteiger partial charge in [0, 0.05) is 20.5 Å². The average molecular weight is 340 g/mol. The van der Waals surface area contributed by atoms with E-state index in [9.17, 15) is 9.59 Å². The smallest absolute Gasteiger partial charge is 0.228 e. The highest BCUT2D eigenvalue weighted by Gasteiger charge is 2.34. The first kappa shape index (κ1) is 17.2. The van der Waals surface area contributed by atoms with Crippen molar-refractivity contribution in [1.82, 2.24) is 0 Å². The number of allylic oxidation sites excluding steroid dienone is 2. The number of unbranched alkanes of at least 4 members (excludes halogenated alkanes) is 5. The van der Waals surface area contributed by atoms with Crippen LogP contribution in [-0.4, -0.2) is 37.5 Å². The lowest BCUT2D eigenvalue weighted by Crippen LogP contribution is -2.25. The molecule has 1 aliphatic rings. The normalized spacial score (nSPS) is 17.2. The maximum atomic E-state index is 12.5. The monoisotopic (exact) mass is 340 g/mol. The van der Waals surface area contributed by atoms with Crippen LogP contribution in [0.4, 0.5) is 0 Å². The summed E-state index contributed by atoms with van der Waals surface area (Å²) in [5.41, 5.74) is 0.933. The maximum absolute atomic E-state index is 12.5. The molecule has 0 aromatic rings. The van der Waals surface area contributed by atoms with Crippen molar-refractivity contribution in [3.05, 3.63) is 22.7 Å². The number of ketones is 2. The molecule has 5 heteroatoms. The average Bonchev–Trinajstić information content (AvgIpc) is 2.62. The highest BCUT2D eigenvalue weighted by molar-refractivity contribution is 6.23. The molecule has 5 nitrogen and oxygen atoms in total. The minimum atomic E-state index is -1.48. The van der Waals surface area contributed by atoms with Crippen LogP contribution in [0.5, 0.6) is 0 Å². The molecule has 0 amide bonds. The molecule has 1 N–H and O–H groups in total. The van der Waals surface area contributed by atoms with Crippen molar-refractivity contribution in [2.24, 2.45) is 0 Å². The SMILES string of the molecule is [2H]C([2H])(CO)CCCCCCCCC1=C(C)C(=O)C(OC)=C(OC)C1=O. The number of ether oxygens (including phenoxy) is 2. The lowest BCUT2D eigenvalue weighted by atomic mass is 9.89. The third-order valence-corrected chi connectivity index (χ3v) is 4.24. The van der Waals surface area contributed by atoms with E-state index in [0.29, 0.717) is 24.0 Å². The minimum Gasteiger partial charge on any atom is -0.489 e. The van der Waals surface area contributed by atoms with Crippen LogP contribution < -0.4 is 0 Å². The zero-order valence-corrected chi connectivity index (χ0v) is 14.9. The Balaban J connectivity index is 2.38. The molecule has 0 saturated carbocycles. The quantitative estimate of drug-likeness (QED) is 0.435. The van der Waals surface area contributed by atoms with Gasteiger partial charge in [0.05, 0.1) is 14.2 Å². The topological polar surface area (TPSA) is 72.8 Å². The molecule has 136 valence electrons. The second-order valence-corrected chi connectivity index (χ2v) is 5.86. The molecule has 0 bridgehead atoms.